The van der Waals surface area contributed by atoms with Crippen molar-refractivity contribution in [1.82, 2.24) is 14.3 Å². The van der Waals surface area contributed by atoms with Crippen LogP contribution in [0, 0.1) is 13.8 Å². The Hall–Kier alpha value is -2.72. The topological polar surface area (TPSA) is 93.0 Å². The highest BCUT2D eigenvalue weighted by Crippen LogP contribution is 2.34. The van der Waals surface area contributed by atoms with E-state index in [4.69, 9.17) is 4.74 Å². The first kappa shape index (κ1) is 20.0. The highest BCUT2D eigenvalue weighted by Gasteiger charge is 2.28. The number of hydrogen-bond acceptors (Lipinski definition) is 7. The SMILES string of the molecule is CCOC(=O)c1c(NC(=O)c2cn3c(C)csc3n2)sc(C(=O)N(C)C)c1C. The molecule has 0 bridgehead atoms. The van der Waals surface area contributed by atoms with Gasteiger partial charge >= 0.3 is 5.97 Å². The van der Waals surface area contributed by atoms with Crippen LogP contribution in [0.3, 0.4) is 0 Å². The van der Waals surface area contributed by atoms with E-state index in [0.29, 0.717) is 15.4 Å². The highest BCUT2D eigenvalue weighted by atomic mass is 32.1. The largest absolute Gasteiger partial charge is 0.462 e. The van der Waals surface area contributed by atoms with Crippen LogP contribution in [0.4, 0.5) is 5.00 Å². The summed E-state index contributed by atoms with van der Waals surface area (Å²) in [5.74, 6) is -1.27. The second-order valence-corrected chi connectivity index (χ2v) is 8.15. The Morgan fingerprint density at radius 3 is 2.61 bits per heavy atom. The molecule has 0 aromatic carbocycles. The van der Waals surface area contributed by atoms with Crippen LogP contribution in [0.25, 0.3) is 4.96 Å². The molecule has 2 amide bonds. The van der Waals surface area contributed by atoms with Crippen molar-refractivity contribution in [2.45, 2.75) is 20.8 Å². The van der Waals surface area contributed by atoms with Gasteiger partial charge in [0.1, 0.15) is 10.7 Å². The normalized spacial score (nSPS) is 10.9. The Balaban J connectivity index is 1.99. The summed E-state index contributed by atoms with van der Waals surface area (Å²) < 4.78 is 6.94. The summed E-state index contributed by atoms with van der Waals surface area (Å²) >= 11 is 2.49. The fraction of sp³-hybridized carbons (Fsp3) is 0.333. The van der Waals surface area contributed by atoms with Gasteiger partial charge in [-0.05, 0) is 26.3 Å². The first-order valence-electron chi connectivity index (χ1n) is 8.51. The first-order chi connectivity index (χ1) is 13.2. The molecule has 0 spiro atoms. The maximum Gasteiger partial charge on any atom is 0.341 e. The first-order valence-corrected chi connectivity index (χ1v) is 10.2. The summed E-state index contributed by atoms with van der Waals surface area (Å²) in [5.41, 5.74) is 1.89. The number of nitrogens with zero attached hydrogens (tertiary/aromatic N) is 3. The van der Waals surface area contributed by atoms with Crippen molar-refractivity contribution in [3.8, 4) is 0 Å². The zero-order valence-electron chi connectivity index (χ0n) is 16.2. The summed E-state index contributed by atoms with van der Waals surface area (Å²) in [6, 6.07) is 0. The van der Waals surface area contributed by atoms with Crippen LogP contribution < -0.4 is 5.32 Å². The molecule has 0 atom stereocenters. The number of hydrogen-bond donors (Lipinski definition) is 1. The molecular formula is C18H20N4O4S2. The predicted octanol–water partition coefficient (Wildman–Crippen LogP) is 3.20. The number of thiophene rings is 1. The van der Waals surface area contributed by atoms with Gasteiger partial charge in [-0.15, -0.1) is 22.7 Å². The third kappa shape index (κ3) is 3.52. The highest BCUT2D eigenvalue weighted by molar-refractivity contribution is 7.18. The second kappa shape index (κ2) is 7.72. The fourth-order valence-corrected chi connectivity index (χ4v) is 4.69. The zero-order chi connectivity index (χ0) is 20.6. The van der Waals surface area contributed by atoms with E-state index in [1.54, 1.807) is 34.1 Å². The molecule has 3 aromatic heterocycles. The Morgan fingerprint density at radius 2 is 2.00 bits per heavy atom. The molecule has 3 rings (SSSR count). The van der Waals surface area contributed by atoms with Crippen molar-refractivity contribution in [3.63, 3.8) is 0 Å². The third-order valence-electron chi connectivity index (χ3n) is 4.07. The van der Waals surface area contributed by atoms with Gasteiger partial charge in [-0.1, -0.05) is 0 Å². The molecule has 28 heavy (non-hydrogen) atoms. The fourth-order valence-electron chi connectivity index (χ4n) is 2.63. The molecule has 0 aliphatic heterocycles. The molecule has 148 valence electrons. The molecule has 0 fully saturated rings. The van der Waals surface area contributed by atoms with Crippen molar-refractivity contribution in [2.75, 3.05) is 26.0 Å². The Labute approximate surface area is 169 Å². The van der Waals surface area contributed by atoms with E-state index in [2.05, 4.69) is 10.3 Å². The molecule has 0 unspecified atom stereocenters. The summed E-state index contributed by atoms with van der Waals surface area (Å²) in [6.45, 7) is 5.48. The average molecular weight is 421 g/mol. The molecular weight excluding hydrogens is 400 g/mol. The van der Waals surface area contributed by atoms with Gasteiger partial charge in [-0.25, -0.2) is 9.78 Å². The lowest BCUT2D eigenvalue weighted by molar-refractivity contribution is 0.0527. The zero-order valence-corrected chi connectivity index (χ0v) is 17.8. The number of fused-ring (bicyclic) bond motifs is 1. The number of carbonyl (C=O) groups excluding carboxylic acids is 3. The van der Waals surface area contributed by atoms with Crippen molar-refractivity contribution < 1.29 is 19.1 Å². The van der Waals surface area contributed by atoms with Gasteiger partial charge in [0.25, 0.3) is 11.8 Å². The van der Waals surface area contributed by atoms with Crippen molar-refractivity contribution in [1.29, 1.82) is 0 Å². The van der Waals surface area contributed by atoms with Crippen LogP contribution in [0.15, 0.2) is 11.6 Å². The van der Waals surface area contributed by atoms with E-state index >= 15 is 0 Å². The summed E-state index contributed by atoms with van der Waals surface area (Å²) in [5, 5.41) is 4.95. The standard InChI is InChI=1S/C18H20N4O4S2/c1-6-26-17(25)12-10(3)13(16(24)21(4)5)28-15(12)20-14(23)11-7-22-9(2)8-27-18(22)19-11/h7-8H,6H2,1-5H3,(H,20,23). The third-order valence-corrected chi connectivity index (χ3v) is 6.23. The van der Waals surface area contributed by atoms with E-state index < -0.39 is 11.9 Å². The van der Waals surface area contributed by atoms with Gasteiger partial charge in [0.05, 0.1) is 17.0 Å². The van der Waals surface area contributed by atoms with Gasteiger partial charge in [0, 0.05) is 31.4 Å². The lowest BCUT2D eigenvalue weighted by Crippen LogP contribution is -2.21. The molecule has 0 saturated carbocycles. The number of ether oxygens (including phenoxy) is 1. The molecule has 8 nitrogen and oxygen atoms in total. The van der Waals surface area contributed by atoms with E-state index in [1.807, 2.05) is 16.7 Å². The number of anilines is 1. The summed E-state index contributed by atoms with van der Waals surface area (Å²) in [7, 11) is 3.26. The maximum absolute atomic E-state index is 12.7. The molecule has 10 heteroatoms. The van der Waals surface area contributed by atoms with Crippen molar-refractivity contribution in [2.24, 2.45) is 0 Å². The summed E-state index contributed by atoms with van der Waals surface area (Å²) in [6.07, 6.45) is 1.65. The molecule has 3 heterocycles. The maximum atomic E-state index is 12.7. The number of nitrogens with one attached hydrogen (secondary N) is 1. The second-order valence-electron chi connectivity index (χ2n) is 6.29. The van der Waals surface area contributed by atoms with E-state index in [-0.39, 0.29) is 28.8 Å². The van der Waals surface area contributed by atoms with Gasteiger partial charge in [-0.2, -0.15) is 0 Å². The average Bonchev–Trinajstić information content (AvgIpc) is 3.29. The van der Waals surface area contributed by atoms with Gasteiger partial charge in [0.15, 0.2) is 4.96 Å². The van der Waals surface area contributed by atoms with Gasteiger partial charge in [-0.3, -0.25) is 14.0 Å². The van der Waals surface area contributed by atoms with E-state index in [0.717, 1.165) is 17.0 Å². The van der Waals surface area contributed by atoms with Gasteiger partial charge < -0.3 is 15.0 Å². The molecule has 1 N–H and O–H groups in total. The quantitative estimate of drug-likeness (QED) is 0.640. The molecule has 0 aliphatic carbocycles. The summed E-state index contributed by atoms with van der Waals surface area (Å²) in [4.78, 5) is 44.4. The smallest absolute Gasteiger partial charge is 0.341 e. The van der Waals surface area contributed by atoms with E-state index in [9.17, 15) is 14.4 Å². The lowest BCUT2D eigenvalue weighted by Gasteiger charge is -2.09. The Bertz CT molecular complexity index is 1080. The number of amides is 2. The minimum atomic E-state index is -0.578. The Morgan fingerprint density at radius 1 is 1.29 bits per heavy atom. The monoisotopic (exact) mass is 420 g/mol. The number of aryl methyl sites for hydroxylation is 1. The Kier molecular flexibility index (Phi) is 5.52. The minimum Gasteiger partial charge on any atom is -0.462 e. The number of aromatic nitrogens is 2. The molecule has 0 radical (unpaired) electrons. The van der Waals surface area contributed by atoms with Crippen LogP contribution in [-0.4, -0.2) is 52.8 Å². The van der Waals surface area contributed by atoms with Crippen molar-refractivity contribution >= 4 is 50.4 Å². The number of esters is 1. The van der Waals surface area contributed by atoms with Crippen LogP contribution in [0.1, 0.15) is 48.7 Å². The van der Waals surface area contributed by atoms with Crippen LogP contribution in [0.5, 0.6) is 0 Å². The van der Waals surface area contributed by atoms with Crippen LogP contribution in [0.2, 0.25) is 0 Å². The number of imidazole rings is 1. The molecule has 0 saturated heterocycles. The number of rotatable bonds is 5. The van der Waals surface area contributed by atoms with Gasteiger partial charge in [0.2, 0.25) is 0 Å². The number of carbonyl (C=O) groups is 3. The minimum absolute atomic E-state index is 0.190. The van der Waals surface area contributed by atoms with Crippen molar-refractivity contribution in [3.05, 3.63) is 39.0 Å². The van der Waals surface area contributed by atoms with Crippen LogP contribution in [-0.2, 0) is 4.74 Å². The van der Waals surface area contributed by atoms with E-state index in [1.165, 1.54) is 16.2 Å². The molecule has 3 aromatic rings. The predicted molar refractivity (Wildman–Crippen MR) is 109 cm³/mol. The lowest BCUT2D eigenvalue weighted by atomic mass is 10.1. The molecule has 0 aliphatic rings. The van der Waals surface area contributed by atoms with Crippen LogP contribution >= 0.6 is 22.7 Å². The number of thiazole rings is 1.